The highest BCUT2D eigenvalue weighted by Gasteiger charge is 2.25. The monoisotopic (exact) mass is 302 g/mol. The Morgan fingerprint density at radius 3 is 3.00 bits per heavy atom. The van der Waals surface area contributed by atoms with E-state index in [0.717, 1.165) is 25.0 Å². The van der Waals surface area contributed by atoms with Gasteiger partial charge in [-0.2, -0.15) is 0 Å². The van der Waals surface area contributed by atoms with Crippen molar-refractivity contribution < 1.29 is 13.9 Å². The van der Waals surface area contributed by atoms with Crippen LogP contribution in [0.25, 0.3) is 0 Å². The minimum absolute atomic E-state index is 0.0609. The van der Waals surface area contributed by atoms with Gasteiger partial charge in [0, 0.05) is 0 Å². The van der Waals surface area contributed by atoms with Crippen LogP contribution < -0.4 is 0 Å². The molecule has 0 spiro atoms. The molecule has 0 saturated carbocycles. The lowest BCUT2D eigenvalue weighted by Gasteiger charge is -2.18. The Kier molecular flexibility index (Phi) is 4.54. The first-order valence-electron chi connectivity index (χ1n) is 5.89. The highest BCUT2D eigenvalue weighted by Crippen LogP contribution is 2.31. The molecule has 0 aromatic heterocycles. The summed E-state index contributed by atoms with van der Waals surface area (Å²) in [6.07, 6.45) is 2.06. The van der Waals surface area contributed by atoms with Gasteiger partial charge < -0.3 is 9.47 Å². The zero-order valence-corrected chi connectivity index (χ0v) is 11.4. The lowest BCUT2D eigenvalue weighted by Crippen LogP contribution is -2.10. The van der Waals surface area contributed by atoms with Crippen LogP contribution in [0.4, 0.5) is 4.39 Å². The fraction of sp³-hybridized carbons (Fsp3) is 0.538. The normalized spacial score (nSPS) is 20.3. The Morgan fingerprint density at radius 2 is 2.35 bits per heavy atom. The van der Waals surface area contributed by atoms with Gasteiger partial charge in [-0.3, -0.25) is 0 Å². The van der Waals surface area contributed by atoms with E-state index >= 15 is 0 Å². The maximum atomic E-state index is 13.5. The molecule has 0 unspecified atom stereocenters. The summed E-state index contributed by atoms with van der Waals surface area (Å²) in [5.41, 5.74) is 0.882. The summed E-state index contributed by atoms with van der Waals surface area (Å²) >= 11 is 3.29. The summed E-state index contributed by atoms with van der Waals surface area (Å²) in [6, 6.07) is 5.07. The van der Waals surface area contributed by atoms with Crippen LogP contribution in [0.15, 0.2) is 22.7 Å². The quantitative estimate of drug-likeness (QED) is 0.745. The molecule has 1 saturated heterocycles. The minimum atomic E-state index is -0.241. The zero-order valence-electron chi connectivity index (χ0n) is 9.79. The molecule has 2 atom stereocenters. The van der Waals surface area contributed by atoms with Gasteiger partial charge in [0.05, 0.1) is 23.8 Å². The van der Waals surface area contributed by atoms with E-state index in [-0.39, 0.29) is 18.0 Å². The topological polar surface area (TPSA) is 21.8 Å². The molecule has 17 heavy (non-hydrogen) atoms. The molecule has 1 heterocycles. The van der Waals surface area contributed by atoms with Crippen LogP contribution >= 0.6 is 15.9 Å². The largest absolute Gasteiger partial charge is 0.371 e. The molecule has 94 valence electrons. The maximum Gasteiger partial charge on any atom is 0.137 e. The molecule has 2 nitrogen and oxygen atoms in total. The van der Waals surface area contributed by atoms with Crippen molar-refractivity contribution in [2.75, 3.05) is 13.2 Å². The number of rotatable bonds is 6. The molecule has 1 aliphatic heterocycles. The van der Waals surface area contributed by atoms with Crippen molar-refractivity contribution in [1.29, 1.82) is 0 Å². The smallest absolute Gasteiger partial charge is 0.137 e. The summed E-state index contributed by atoms with van der Waals surface area (Å²) in [6.45, 7) is 3.47. The van der Waals surface area contributed by atoms with Crippen LogP contribution in [0.2, 0.25) is 0 Å². The highest BCUT2D eigenvalue weighted by atomic mass is 79.9. The van der Waals surface area contributed by atoms with E-state index < -0.39 is 0 Å². The van der Waals surface area contributed by atoms with E-state index in [2.05, 4.69) is 22.9 Å². The van der Waals surface area contributed by atoms with Gasteiger partial charge in [0.25, 0.3) is 0 Å². The molecule has 0 bridgehead atoms. The van der Waals surface area contributed by atoms with Gasteiger partial charge in [-0.25, -0.2) is 4.39 Å². The SMILES string of the molecule is CCC[C@@H](OC[C@H]1CO1)c1cccc(F)c1Br. The molecule has 1 aromatic rings. The Hall–Kier alpha value is -0.450. The molecular formula is C13H16BrFO2. The van der Waals surface area contributed by atoms with Gasteiger partial charge in [0.1, 0.15) is 11.9 Å². The van der Waals surface area contributed by atoms with Crippen molar-refractivity contribution in [3.8, 4) is 0 Å². The van der Waals surface area contributed by atoms with Crippen LogP contribution in [0.3, 0.4) is 0 Å². The van der Waals surface area contributed by atoms with E-state index in [1.54, 1.807) is 6.07 Å². The molecule has 0 radical (unpaired) electrons. The summed E-state index contributed by atoms with van der Waals surface area (Å²) in [5.74, 6) is -0.241. The van der Waals surface area contributed by atoms with Gasteiger partial charge in [-0.05, 0) is 34.0 Å². The summed E-state index contributed by atoms with van der Waals surface area (Å²) in [5, 5.41) is 0. The third-order valence-corrected chi connectivity index (χ3v) is 3.60. The van der Waals surface area contributed by atoms with Crippen molar-refractivity contribution in [3.05, 3.63) is 34.1 Å². The number of benzene rings is 1. The molecular weight excluding hydrogens is 287 g/mol. The second-order valence-electron chi connectivity index (χ2n) is 4.21. The Balaban J connectivity index is 2.09. The summed E-state index contributed by atoms with van der Waals surface area (Å²) in [7, 11) is 0. The Morgan fingerprint density at radius 1 is 1.59 bits per heavy atom. The lowest BCUT2D eigenvalue weighted by molar-refractivity contribution is 0.0352. The van der Waals surface area contributed by atoms with Crippen molar-refractivity contribution in [3.63, 3.8) is 0 Å². The van der Waals surface area contributed by atoms with E-state index in [1.807, 2.05) is 6.07 Å². The number of ether oxygens (including phenoxy) is 2. The predicted molar refractivity (Wildman–Crippen MR) is 67.4 cm³/mol. The third kappa shape index (κ3) is 3.50. The summed E-state index contributed by atoms with van der Waals surface area (Å²) < 4.78 is 24.9. The molecule has 1 aliphatic rings. The molecule has 1 aromatic carbocycles. The predicted octanol–water partition coefficient (Wildman–Crippen LogP) is 3.84. The first kappa shape index (κ1) is 13.0. The van der Waals surface area contributed by atoms with Gasteiger partial charge in [0.2, 0.25) is 0 Å². The molecule has 4 heteroatoms. The highest BCUT2D eigenvalue weighted by molar-refractivity contribution is 9.10. The van der Waals surface area contributed by atoms with Crippen molar-refractivity contribution in [1.82, 2.24) is 0 Å². The molecule has 0 aliphatic carbocycles. The fourth-order valence-electron chi connectivity index (χ4n) is 1.75. The van der Waals surface area contributed by atoms with Crippen LogP contribution in [-0.2, 0) is 9.47 Å². The Labute approximate surface area is 109 Å². The van der Waals surface area contributed by atoms with Crippen molar-refractivity contribution in [2.45, 2.75) is 32.0 Å². The first-order chi connectivity index (χ1) is 8.22. The van der Waals surface area contributed by atoms with Gasteiger partial charge in [0.15, 0.2) is 0 Å². The number of hydrogen-bond acceptors (Lipinski definition) is 2. The van der Waals surface area contributed by atoms with Crippen LogP contribution in [0.1, 0.15) is 31.4 Å². The lowest BCUT2D eigenvalue weighted by atomic mass is 10.0. The first-order valence-corrected chi connectivity index (χ1v) is 6.68. The second kappa shape index (κ2) is 5.94. The Bertz CT molecular complexity index is 380. The third-order valence-electron chi connectivity index (χ3n) is 2.76. The van der Waals surface area contributed by atoms with E-state index in [9.17, 15) is 4.39 Å². The van der Waals surface area contributed by atoms with Crippen LogP contribution in [0, 0.1) is 5.82 Å². The van der Waals surface area contributed by atoms with Crippen LogP contribution in [-0.4, -0.2) is 19.3 Å². The number of hydrogen-bond donors (Lipinski definition) is 0. The average Bonchev–Trinajstić information content (AvgIpc) is 3.12. The number of halogens is 2. The van der Waals surface area contributed by atoms with Gasteiger partial charge in [-0.15, -0.1) is 0 Å². The van der Waals surface area contributed by atoms with Crippen molar-refractivity contribution in [2.24, 2.45) is 0 Å². The zero-order chi connectivity index (χ0) is 12.3. The number of epoxide rings is 1. The molecule has 0 amide bonds. The van der Waals surface area contributed by atoms with Crippen LogP contribution in [0.5, 0.6) is 0 Å². The minimum Gasteiger partial charge on any atom is -0.371 e. The molecule has 2 rings (SSSR count). The van der Waals surface area contributed by atoms with E-state index in [4.69, 9.17) is 9.47 Å². The molecule has 0 N–H and O–H groups in total. The van der Waals surface area contributed by atoms with E-state index in [0.29, 0.717) is 11.1 Å². The maximum absolute atomic E-state index is 13.5. The summed E-state index contributed by atoms with van der Waals surface area (Å²) in [4.78, 5) is 0. The fourth-order valence-corrected chi connectivity index (χ4v) is 2.27. The van der Waals surface area contributed by atoms with Gasteiger partial charge in [-0.1, -0.05) is 25.5 Å². The van der Waals surface area contributed by atoms with Gasteiger partial charge >= 0.3 is 0 Å². The van der Waals surface area contributed by atoms with Crippen molar-refractivity contribution >= 4 is 15.9 Å². The average molecular weight is 303 g/mol. The molecule has 1 fully saturated rings. The second-order valence-corrected chi connectivity index (χ2v) is 5.00. The standard InChI is InChI=1S/C13H16BrFO2/c1-2-4-12(17-8-9-7-16-9)10-5-3-6-11(15)13(10)14/h3,5-6,9,12H,2,4,7-8H2,1H3/t9-,12-/m1/s1. The van der Waals surface area contributed by atoms with E-state index in [1.165, 1.54) is 6.07 Å².